The number of aryl methyl sites for hydroxylation is 2. The molecule has 10 nitrogen and oxygen atoms in total. The third-order valence-corrected chi connectivity index (χ3v) is 7.81. The predicted molar refractivity (Wildman–Crippen MR) is 174 cm³/mol. The standard InChI is InChI=1S/C34H40N6O4/c1-23(2)38-18-20-39(21-19-38)27-12-10-26(11-13-27)36-33-35-17-16-31(37-33)40(29-15-14-28(42-5)22-30(29)43-6)34(41)44-32-24(3)8-7-9-25(32)4/h7-17,22-23H,18-21H2,1-6H3,(H,35,36,37). The van der Waals surface area contributed by atoms with E-state index in [1.54, 1.807) is 37.6 Å². The molecule has 2 heterocycles. The van der Waals surface area contributed by atoms with Crippen molar-refractivity contribution in [2.24, 2.45) is 0 Å². The minimum absolute atomic E-state index is 0.307. The first-order chi connectivity index (χ1) is 21.3. The zero-order valence-electron chi connectivity index (χ0n) is 26.2. The van der Waals surface area contributed by atoms with Crippen molar-refractivity contribution < 1.29 is 19.0 Å². The van der Waals surface area contributed by atoms with Gasteiger partial charge in [-0.25, -0.2) is 14.7 Å². The van der Waals surface area contributed by atoms with Crippen molar-refractivity contribution in [1.82, 2.24) is 14.9 Å². The Bertz CT molecular complexity index is 1570. The quantitative estimate of drug-likeness (QED) is 0.226. The minimum Gasteiger partial charge on any atom is -0.497 e. The van der Waals surface area contributed by atoms with Crippen LogP contribution in [-0.2, 0) is 0 Å². The first-order valence-electron chi connectivity index (χ1n) is 14.8. The van der Waals surface area contributed by atoms with Crippen molar-refractivity contribution in [3.63, 3.8) is 0 Å². The maximum absolute atomic E-state index is 13.9. The van der Waals surface area contributed by atoms with Gasteiger partial charge in [0.1, 0.15) is 23.1 Å². The van der Waals surface area contributed by atoms with Crippen molar-refractivity contribution in [2.45, 2.75) is 33.7 Å². The zero-order valence-corrected chi connectivity index (χ0v) is 26.2. The highest BCUT2D eigenvalue weighted by Gasteiger charge is 2.27. The molecule has 0 spiro atoms. The summed E-state index contributed by atoms with van der Waals surface area (Å²) in [6, 6.07) is 21.4. The van der Waals surface area contributed by atoms with Crippen LogP contribution in [0.15, 0.2) is 72.9 Å². The number of nitrogens with zero attached hydrogens (tertiary/aromatic N) is 5. The molecule has 0 atom stereocenters. The van der Waals surface area contributed by atoms with Gasteiger partial charge in [0.05, 0.1) is 19.9 Å². The predicted octanol–water partition coefficient (Wildman–Crippen LogP) is 6.72. The van der Waals surface area contributed by atoms with Crippen molar-refractivity contribution in [3.05, 3.63) is 84.1 Å². The lowest BCUT2D eigenvalue weighted by Gasteiger charge is -2.38. The van der Waals surface area contributed by atoms with Crippen LogP contribution in [0.5, 0.6) is 17.2 Å². The van der Waals surface area contributed by atoms with Gasteiger partial charge in [-0.3, -0.25) is 4.90 Å². The second-order valence-electron chi connectivity index (χ2n) is 11.0. The van der Waals surface area contributed by atoms with E-state index in [4.69, 9.17) is 19.2 Å². The maximum atomic E-state index is 13.9. The molecule has 1 aliphatic heterocycles. The molecule has 10 heteroatoms. The topological polar surface area (TPSA) is 92.3 Å². The summed E-state index contributed by atoms with van der Waals surface area (Å²) in [5.74, 6) is 2.14. The Balaban J connectivity index is 1.41. The fourth-order valence-electron chi connectivity index (χ4n) is 5.29. The lowest BCUT2D eigenvalue weighted by molar-refractivity contribution is 0.209. The Morgan fingerprint density at radius 2 is 1.61 bits per heavy atom. The molecular formula is C34H40N6O4. The Morgan fingerprint density at radius 1 is 0.909 bits per heavy atom. The highest BCUT2D eigenvalue weighted by molar-refractivity contribution is 5.98. The van der Waals surface area contributed by atoms with Gasteiger partial charge in [0.2, 0.25) is 5.95 Å². The van der Waals surface area contributed by atoms with E-state index in [1.807, 2.05) is 44.2 Å². The van der Waals surface area contributed by atoms with Crippen LogP contribution in [0.3, 0.4) is 0 Å². The Kier molecular flexibility index (Phi) is 9.50. The molecule has 0 bridgehead atoms. The fourth-order valence-corrected chi connectivity index (χ4v) is 5.29. The average molecular weight is 597 g/mol. The van der Waals surface area contributed by atoms with Crippen molar-refractivity contribution in [3.8, 4) is 17.2 Å². The molecule has 1 fully saturated rings. The number of hydrogen-bond acceptors (Lipinski definition) is 9. The molecule has 3 aromatic carbocycles. The molecular weight excluding hydrogens is 556 g/mol. The number of nitrogens with one attached hydrogen (secondary N) is 1. The first kappa shape index (κ1) is 30.6. The summed E-state index contributed by atoms with van der Waals surface area (Å²) in [6.07, 6.45) is 0.958. The summed E-state index contributed by atoms with van der Waals surface area (Å²) in [6.45, 7) is 12.4. The molecule has 44 heavy (non-hydrogen) atoms. The summed E-state index contributed by atoms with van der Waals surface area (Å²) in [5.41, 5.74) is 4.14. The third kappa shape index (κ3) is 6.86. The van der Waals surface area contributed by atoms with E-state index in [9.17, 15) is 4.79 Å². The van der Waals surface area contributed by atoms with E-state index < -0.39 is 6.09 Å². The van der Waals surface area contributed by atoms with E-state index >= 15 is 0 Å². The summed E-state index contributed by atoms with van der Waals surface area (Å²) in [5, 5.41) is 3.28. The largest absolute Gasteiger partial charge is 0.497 e. The average Bonchev–Trinajstić information content (AvgIpc) is 3.04. The SMILES string of the molecule is COc1ccc(N(C(=O)Oc2c(C)cccc2C)c2ccnc(Nc3ccc(N4CCN(C(C)C)CC4)cc3)n2)c(OC)c1. The van der Waals surface area contributed by atoms with E-state index in [0.717, 1.165) is 43.0 Å². The van der Waals surface area contributed by atoms with E-state index in [2.05, 4.69) is 46.1 Å². The summed E-state index contributed by atoms with van der Waals surface area (Å²) in [7, 11) is 3.11. The smallest absolute Gasteiger partial charge is 0.425 e. The van der Waals surface area contributed by atoms with Gasteiger partial charge in [-0.1, -0.05) is 18.2 Å². The normalized spacial score (nSPS) is 13.5. The molecule has 0 radical (unpaired) electrons. The van der Waals surface area contributed by atoms with Crippen LogP contribution < -0.4 is 29.3 Å². The van der Waals surface area contributed by atoms with Crippen molar-refractivity contribution in [1.29, 1.82) is 0 Å². The summed E-state index contributed by atoms with van der Waals surface area (Å²) < 4.78 is 17.0. The number of methoxy groups -OCH3 is 2. The van der Waals surface area contributed by atoms with Gasteiger partial charge >= 0.3 is 6.09 Å². The number of rotatable bonds is 9. The number of carbonyl (C=O) groups excluding carboxylic acids is 1. The van der Waals surface area contributed by atoms with Crippen LogP contribution in [-0.4, -0.2) is 67.4 Å². The lowest BCUT2D eigenvalue weighted by atomic mass is 10.1. The molecule has 0 unspecified atom stereocenters. The van der Waals surface area contributed by atoms with Crippen molar-refractivity contribution in [2.75, 3.05) is 55.5 Å². The molecule has 1 N–H and O–H groups in total. The van der Waals surface area contributed by atoms with Crippen LogP contribution in [0.2, 0.25) is 0 Å². The van der Waals surface area contributed by atoms with E-state index in [0.29, 0.717) is 40.7 Å². The van der Waals surface area contributed by atoms with Crippen LogP contribution in [0.4, 0.5) is 33.6 Å². The van der Waals surface area contributed by atoms with Crippen LogP contribution >= 0.6 is 0 Å². The molecule has 230 valence electrons. The number of carbonyl (C=O) groups is 1. The van der Waals surface area contributed by atoms with Gasteiger partial charge in [-0.15, -0.1) is 0 Å². The van der Waals surface area contributed by atoms with Crippen LogP contribution in [0.1, 0.15) is 25.0 Å². The molecule has 1 aromatic heterocycles. The number of benzene rings is 3. The Morgan fingerprint density at radius 3 is 2.25 bits per heavy atom. The summed E-state index contributed by atoms with van der Waals surface area (Å²) >= 11 is 0. The molecule has 1 saturated heterocycles. The first-order valence-corrected chi connectivity index (χ1v) is 14.8. The number of hydrogen-bond donors (Lipinski definition) is 1. The Labute approximate surface area is 259 Å². The highest BCUT2D eigenvalue weighted by Crippen LogP contribution is 2.37. The maximum Gasteiger partial charge on any atom is 0.425 e. The van der Waals surface area contributed by atoms with Gasteiger partial charge < -0.3 is 24.4 Å². The van der Waals surface area contributed by atoms with Gasteiger partial charge in [-0.05, 0) is 75.2 Å². The number of piperazine rings is 1. The lowest BCUT2D eigenvalue weighted by Crippen LogP contribution is -2.48. The third-order valence-electron chi connectivity index (χ3n) is 7.81. The Hall–Kier alpha value is -4.83. The molecule has 0 aliphatic carbocycles. The minimum atomic E-state index is -0.641. The number of para-hydroxylation sites is 1. The van der Waals surface area contributed by atoms with Crippen LogP contribution in [0, 0.1) is 13.8 Å². The molecule has 5 rings (SSSR count). The number of aromatic nitrogens is 2. The number of anilines is 5. The van der Waals surface area contributed by atoms with Crippen LogP contribution in [0.25, 0.3) is 0 Å². The van der Waals surface area contributed by atoms with Gasteiger partial charge in [0.25, 0.3) is 0 Å². The van der Waals surface area contributed by atoms with Gasteiger partial charge in [-0.2, -0.15) is 4.98 Å². The van der Waals surface area contributed by atoms with E-state index in [1.165, 1.54) is 17.7 Å². The van der Waals surface area contributed by atoms with Crippen molar-refractivity contribution >= 4 is 34.9 Å². The highest BCUT2D eigenvalue weighted by atomic mass is 16.6. The number of amides is 1. The second-order valence-corrected chi connectivity index (χ2v) is 11.0. The monoisotopic (exact) mass is 596 g/mol. The summed E-state index contributed by atoms with van der Waals surface area (Å²) in [4.78, 5) is 29.3. The second kappa shape index (κ2) is 13.6. The zero-order chi connectivity index (χ0) is 31.2. The fraction of sp³-hybridized carbons (Fsp3) is 0.324. The number of ether oxygens (including phenoxy) is 3. The van der Waals surface area contributed by atoms with Gasteiger partial charge in [0.15, 0.2) is 0 Å². The van der Waals surface area contributed by atoms with Gasteiger partial charge in [0, 0.05) is 61.9 Å². The molecule has 1 amide bonds. The molecule has 0 saturated carbocycles. The molecule has 1 aliphatic rings. The van der Waals surface area contributed by atoms with E-state index in [-0.39, 0.29) is 0 Å². The molecule has 4 aromatic rings.